The molecule has 1 aliphatic heterocycles. The molecule has 3 heterocycles. The number of likely N-dealkylation sites (N-methyl/N-ethyl adjacent to an activating group) is 1. The van der Waals surface area contributed by atoms with Crippen LogP contribution in [-0.2, 0) is 4.79 Å². The zero-order valence-electron chi connectivity index (χ0n) is 20.9. The lowest BCUT2D eigenvalue weighted by molar-refractivity contribution is -0.111. The summed E-state index contributed by atoms with van der Waals surface area (Å²) in [5, 5.41) is 6.44. The Balaban J connectivity index is 1.46. The standard InChI is InChI=1S/C28H29N7O2/c1-4-25(36)30-21-6-5-7-23(16-21)35-18-19(2)26(37)24-17-29-28(32-27(24)35)31-20-8-10-22(11-9-20)34-14-12-33(3)13-15-34/h4-11,16-18H,1,12-15H2,2-3H3,(H,30,36)(H,29,31,32). The number of aromatic nitrogens is 3. The van der Waals surface area contributed by atoms with E-state index in [1.54, 1.807) is 25.4 Å². The van der Waals surface area contributed by atoms with E-state index in [9.17, 15) is 9.59 Å². The lowest BCUT2D eigenvalue weighted by Gasteiger charge is -2.34. The zero-order chi connectivity index (χ0) is 25.9. The summed E-state index contributed by atoms with van der Waals surface area (Å²) in [6.45, 7) is 9.37. The normalized spacial score (nSPS) is 13.9. The van der Waals surface area contributed by atoms with Crippen LogP contribution < -0.4 is 21.0 Å². The molecule has 37 heavy (non-hydrogen) atoms. The van der Waals surface area contributed by atoms with E-state index in [0.717, 1.165) is 37.6 Å². The third kappa shape index (κ3) is 5.22. The van der Waals surface area contributed by atoms with E-state index in [4.69, 9.17) is 4.98 Å². The van der Waals surface area contributed by atoms with Crippen LogP contribution in [0.3, 0.4) is 0 Å². The molecule has 0 bridgehead atoms. The number of piperazine rings is 1. The van der Waals surface area contributed by atoms with Crippen LogP contribution in [-0.4, -0.2) is 58.6 Å². The van der Waals surface area contributed by atoms with Crippen molar-refractivity contribution in [3.63, 3.8) is 0 Å². The number of aryl methyl sites for hydroxylation is 1. The van der Waals surface area contributed by atoms with Crippen molar-refractivity contribution in [2.24, 2.45) is 0 Å². The molecule has 5 rings (SSSR count). The molecule has 1 amide bonds. The molecule has 0 spiro atoms. The van der Waals surface area contributed by atoms with Gasteiger partial charge in [-0.2, -0.15) is 4.98 Å². The number of rotatable bonds is 6. The van der Waals surface area contributed by atoms with Crippen LogP contribution in [0.25, 0.3) is 16.7 Å². The Morgan fingerprint density at radius 1 is 1.03 bits per heavy atom. The number of carbonyl (C=O) groups excluding carboxylic acids is 1. The topological polar surface area (TPSA) is 95.4 Å². The highest BCUT2D eigenvalue weighted by Crippen LogP contribution is 2.23. The van der Waals surface area contributed by atoms with Gasteiger partial charge in [-0.25, -0.2) is 4.98 Å². The fourth-order valence-corrected chi connectivity index (χ4v) is 4.38. The quantitative estimate of drug-likeness (QED) is 0.394. The highest BCUT2D eigenvalue weighted by atomic mass is 16.1. The van der Waals surface area contributed by atoms with Crippen LogP contribution in [0.15, 0.2) is 78.4 Å². The molecule has 0 atom stereocenters. The van der Waals surface area contributed by atoms with E-state index in [2.05, 4.69) is 51.2 Å². The van der Waals surface area contributed by atoms with E-state index in [1.165, 1.54) is 11.8 Å². The molecule has 1 saturated heterocycles. The average Bonchev–Trinajstić information content (AvgIpc) is 2.91. The first-order chi connectivity index (χ1) is 17.9. The second-order valence-corrected chi connectivity index (χ2v) is 9.15. The maximum Gasteiger partial charge on any atom is 0.247 e. The third-order valence-corrected chi connectivity index (χ3v) is 6.49. The van der Waals surface area contributed by atoms with Gasteiger partial charge in [0.25, 0.3) is 0 Å². The molecule has 4 aromatic rings. The number of nitrogens with zero attached hydrogens (tertiary/aromatic N) is 5. The predicted molar refractivity (Wildman–Crippen MR) is 148 cm³/mol. The van der Waals surface area contributed by atoms with Gasteiger partial charge in [0, 0.05) is 66.9 Å². The van der Waals surface area contributed by atoms with Crippen molar-refractivity contribution in [1.29, 1.82) is 0 Å². The summed E-state index contributed by atoms with van der Waals surface area (Å²) in [6.07, 6.45) is 4.52. The summed E-state index contributed by atoms with van der Waals surface area (Å²) in [5.74, 6) is 0.0820. The first kappa shape index (κ1) is 24.2. The molecule has 188 valence electrons. The molecule has 9 nitrogen and oxygen atoms in total. The Morgan fingerprint density at radius 3 is 2.51 bits per heavy atom. The van der Waals surface area contributed by atoms with Gasteiger partial charge in [0.05, 0.1) is 5.39 Å². The number of hydrogen-bond donors (Lipinski definition) is 2. The highest BCUT2D eigenvalue weighted by molar-refractivity contribution is 5.99. The lowest BCUT2D eigenvalue weighted by atomic mass is 10.2. The SMILES string of the molecule is C=CC(=O)Nc1cccc(-n2cc(C)c(=O)c3cnc(Nc4ccc(N5CCN(C)CC5)cc4)nc32)c1. The fourth-order valence-electron chi connectivity index (χ4n) is 4.38. The van der Waals surface area contributed by atoms with E-state index in [1.807, 2.05) is 34.9 Å². The number of anilines is 4. The molecular weight excluding hydrogens is 466 g/mol. The number of hydrogen-bond acceptors (Lipinski definition) is 7. The van der Waals surface area contributed by atoms with Crippen molar-refractivity contribution < 1.29 is 4.79 Å². The smallest absolute Gasteiger partial charge is 0.247 e. The first-order valence-corrected chi connectivity index (χ1v) is 12.1. The van der Waals surface area contributed by atoms with Gasteiger partial charge in [-0.05, 0) is 62.5 Å². The van der Waals surface area contributed by atoms with Gasteiger partial charge in [-0.1, -0.05) is 12.6 Å². The molecule has 9 heteroatoms. The Labute approximate surface area is 215 Å². The van der Waals surface area contributed by atoms with Gasteiger partial charge in [-0.15, -0.1) is 0 Å². The fraction of sp³-hybridized carbons (Fsp3) is 0.214. The van der Waals surface area contributed by atoms with Crippen molar-refractivity contribution >= 4 is 40.0 Å². The summed E-state index contributed by atoms with van der Waals surface area (Å²) in [4.78, 5) is 38.4. The van der Waals surface area contributed by atoms with Gasteiger partial charge in [-0.3, -0.25) is 9.59 Å². The molecule has 2 N–H and O–H groups in total. The number of nitrogens with one attached hydrogen (secondary N) is 2. The number of benzene rings is 2. The highest BCUT2D eigenvalue weighted by Gasteiger charge is 2.15. The lowest BCUT2D eigenvalue weighted by Crippen LogP contribution is -2.44. The van der Waals surface area contributed by atoms with Gasteiger partial charge in [0.2, 0.25) is 11.9 Å². The number of fused-ring (bicyclic) bond motifs is 1. The Kier molecular flexibility index (Phi) is 6.70. The molecule has 0 radical (unpaired) electrons. The molecule has 2 aromatic heterocycles. The minimum absolute atomic E-state index is 0.120. The van der Waals surface area contributed by atoms with Crippen molar-refractivity contribution in [1.82, 2.24) is 19.4 Å². The molecule has 1 aliphatic rings. The van der Waals surface area contributed by atoms with Crippen molar-refractivity contribution in [2.45, 2.75) is 6.92 Å². The summed E-state index contributed by atoms with van der Waals surface area (Å²) < 4.78 is 1.83. The molecule has 0 aliphatic carbocycles. The van der Waals surface area contributed by atoms with Crippen LogP contribution >= 0.6 is 0 Å². The van der Waals surface area contributed by atoms with E-state index in [-0.39, 0.29) is 11.3 Å². The Hall–Kier alpha value is -4.50. The Bertz CT molecular complexity index is 1520. The van der Waals surface area contributed by atoms with Gasteiger partial charge in [0.1, 0.15) is 0 Å². The van der Waals surface area contributed by atoms with Crippen molar-refractivity contribution in [3.8, 4) is 5.69 Å². The maximum absolute atomic E-state index is 12.9. The summed E-state index contributed by atoms with van der Waals surface area (Å²) in [6, 6.07) is 15.5. The third-order valence-electron chi connectivity index (χ3n) is 6.49. The number of pyridine rings is 1. The van der Waals surface area contributed by atoms with Crippen molar-refractivity contribution in [2.75, 3.05) is 48.8 Å². The van der Waals surface area contributed by atoms with Crippen LogP contribution in [0.4, 0.5) is 23.0 Å². The number of amides is 1. The monoisotopic (exact) mass is 495 g/mol. The molecule has 2 aromatic carbocycles. The maximum atomic E-state index is 12.9. The second-order valence-electron chi connectivity index (χ2n) is 9.15. The molecule has 0 unspecified atom stereocenters. The van der Waals surface area contributed by atoms with E-state index >= 15 is 0 Å². The van der Waals surface area contributed by atoms with Gasteiger partial charge < -0.3 is 25.0 Å². The van der Waals surface area contributed by atoms with Crippen LogP contribution in [0.1, 0.15) is 5.56 Å². The summed E-state index contributed by atoms with van der Waals surface area (Å²) >= 11 is 0. The zero-order valence-corrected chi connectivity index (χ0v) is 20.9. The second kappa shape index (κ2) is 10.2. The first-order valence-electron chi connectivity index (χ1n) is 12.1. The summed E-state index contributed by atoms with van der Waals surface area (Å²) in [7, 11) is 2.15. The molecular formula is C28H29N7O2. The van der Waals surface area contributed by atoms with Gasteiger partial charge in [0.15, 0.2) is 11.1 Å². The van der Waals surface area contributed by atoms with E-state index < -0.39 is 0 Å². The van der Waals surface area contributed by atoms with Crippen LogP contribution in [0, 0.1) is 6.92 Å². The summed E-state index contributed by atoms with van der Waals surface area (Å²) in [5.41, 5.74) is 4.31. The van der Waals surface area contributed by atoms with Crippen LogP contribution in [0.2, 0.25) is 0 Å². The van der Waals surface area contributed by atoms with E-state index in [0.29, 0.717) is 28.2 Å². The molecule has 1 fully saturated rings. The minimum Gasteiger partial charge on any atom is -0.369 e. The Morgan fingerprint density at radius 2 is 1.78 bits per heavy atom. The average molecular weight is 496 g/mol. The predicted octanol–water partition coefficient (Wildman–Crippen LogP) is 3.71. The number of carbonyl (C=O) groups is 1. The largest absolute Gasteiger partial charge is 0.369 e. The van der Waals surface area contributed by atoms with Gasteiger partial charge >= 0.3 is 0 Å². The molecule has 0 saturated carbocycles. The van der Waals surface area contributed by atoms with Crippen molar-refractivity contribution in [3.05, 3.63) is 89.4 Å². The minimum atomic E-state index is -0.300. The van der Waals surface area contributed by atoms with Crippen LogP contribution in [0.5, 0.6) is 0 Å².